The molecule has 1 aromatic rings. The number of esters is 1. The fraction of sp³-hybridized carbons (Fsp3) is 0.400. The number of hydrogen-bond donors (Lipinski definition) is 0. The Labute approximate surface area is 151 Å². The largest absolute Gasteiger partial charge is 0.456 e. The van der Waals surface area contributed by atoms with Crippen molar-refractivity contribution in [3.8, 4) is 0 Å². The molecule has 2 heterocycles. The van der Waals surface area contributed by atoms with E-state index in [2.05, 4.69) is 4.90 Å². The number of carbonyl (C=O) groups excluding carboxylic acids is 2. The summed E-state index contributed by atoms with van der Waals surface area (Å²) < 4.78 is 5.41. The van der Waals surface area contributed by atoms with E-state index < -0.39 is 0 Å². The summed E-state index contributed by atoms with van der Waals surface area (Å²) in [7, 11) is 0. The van der Waals surface area contributed by atoms with Crippen molar-refractivity contribution in [2.45, 2.75) is 44.1 Å². The molecular formula is C20H18ClNO3. The molecule has 0 spiro atoms. The Morgan fingerprint density at radius 2 is 1.76 bits per heavy atom. The lowest BCUT2D eigenvalue weighted by molar-refractivity contribution is -0.136. The highest BCUT2D eigenvalue weighted by atomic mass is 35.5. The molecule has 4 aliphatic rings. The van der Waals surface area contributed by atoms with Crippen LogP contribution in [-0.2, 0) is 14.3 Å². The number of halogens is 1. The maximum absolute atomic E-state index is 12.9. The zero-order valence-corrected chi connectivity index (χ0v) is 14.5. The van der Waals surface area contributed by atoms with E-state index in [4.69, 9.17) is 16.3 Å². The van der Waals surface area contributed by atoms with E-state index in [-0.39, 0.29) is 17.7 Å². The van der Waals surface area contributed by atoms with Crippen molar-refractivity contribution in [3.05, 3.63) is 57.4 Å². The van der Waals surface area contributed by atoms with E-state index in [1.807, 2.05) is 24.3 Å². The first-order valence-electron chi connectivity index (χ1n) is 8.86. The molecule has 0 amide bonds. The minimum atomic E-state index is -0.319. The monoisotopic (exact) mass is 355 g/mol. The Kier molecular flexibility index (Phi) is 3.32. The van der Waals surface area contributed by atoms with Crippen LogP contribution in [0.2, 0.25) is 5.02 Å². The average molecular weight is 356 g/mol. The molecule has 25 heavy (non-hydrogen) atoms. The number of hydrogen-bond acceptors (Lipinski definition) is 4. The van der Waals surface area contributed by atoms with Crippen LogP contribution < -0.4 is 0 Å². The third-order valence-electron chi connectivity index (χ3n) is 5.57. The van der Waals surface area contributed by atoms with Gasteiger partial charge < -0.3 is 9.64 Å². The maximum Gasteiger partial charge on any atom is 0.337 e. The van der Waals surface area contributed by atoms with Gasteiger partial charge in [0.1, 0.15) is 6.61 Å². The number of allylic oxidation sites excluding steroid dienone is 2. The summed E-state index contributed by atoms with van der Waals surface area (Å²) in [5.41, 5.74) is 4.49. The number of ether oxygens (including phenoxy) is 1. The molecule has 0 bridgehead atoms. The quantitative estimate of drug-likeness (QED) is 0.758. The van der Waals surface area contributed by atoms with Crippen LogP contribution >= 0.6 is 11.6 Å². The molecule has 5 rings (SSSR count). The predicted octanol–water partition coefficient (Wildman–Crippen LogP) is 3.72. The van der Waals surface area contributed by atoms with Gasteiger partial charge in [0.2, 0.25) is 0 Å². The number of ketones is 1. The van der Waals surface area contributed by atoms with E-state index in [1.54, 1.807) is 0 Å². The molecule has 1 atom stereocenters. The highest BCUT2D eigenvalue weighted by Crippen LogP contribution is 2.51. The SMILES string of the molecule is O=C1CCCC2=C1C(c1ccc(Cl)cc1)C1=C(COC1=O)N2C1CC1. The number of carbonyl (C=O) groups is 2. The van der Waals surface area contributed by atoms with Gasteiger partial charge in [-0.1, -0.05) is 23.7 Å². The fourth-order valence-corrected chi connectivity index (χ4v) is 4.51. The van der Waals surface area contributed by atoms with E-state index in [1.165, 1.54) is 0 Å². The topological polar surface area (TPSA) is 46.6 Å². The molecule has 4 nitrogen and oxygen atoms in total. The maximum atomic E-state index is 12.9. The highest BCUT2D eigenvalue weighted by Gasteiger charge is 2.48. The molecule has 1 aromatic carbocycles. The zero-order valence-electron chi connectivity index (χ0n) is 13.8. The van der Waals surface area contributed by atoms with Crippen molar-refractivity contribution < 1.29 is 14.3 Å². The van der Waals surface area contributed by atoms with Crippen LogP contribution in [0.1, 0.15) is 43.6 Å². The molecule has 5 heteroatoms. The second-order valence-electron chi connectivity index (χ2n) is 7.16. The first-order chi connectivity index (χ1) is 12.1. The lowest BCUT2D eigenvalue weighted by Crippen LogP contribution is -2.37. The molecule has 2 aliphatic carbocycles. The van der Waals surface area contributed by atoms with Gasteiger partial charge in [0, 0.05) is 34.7 Å². The molecule has 0 radical (unpaired) electrons. The van der Waals surface area contributed by atoms with Crippen molar-refractivity contribution in [1.29, 1.82) is 0 Å². The van der Waals surface area contributed by atoms with Crippen LogP contribution in [0, 0.1) is 0 Å². The van der Waals surface area contributed by atoms with Gasteiger partial charge >= 0.3 is 5.97 Å². The number of benzene rings is 1. The van der Waals surface area contributed by atoms with Crippen molar-refractivity contribution in [1.82, 2.24) is 4.90 Å². The standard InChI is InChI=1S/C20H18ClNO3/c21-12-6-4-11(5-7-12)17-18-14(2-1-3-16(18)23)22(13-8-9-13)15-10-25-20(24)19(15)17/h4-7,13,17H,1-3,8-10H2. The van der Waals surface area contributed by atoms with E-state index >= 15 is 0 Å². The second kappa shape index (κ2) is 5.46. The normalized spacial score (nSPS) is 26.0. The number of cyclic esters (lactones) is 1. The van der Waals surface area contributed by atoms with E-state index in [0.717, 1.165) is 48.2 Å². The average Bonchev–Trinajstić information content (AvgIpc) is 3.37. The zero-order chi connectivity index (χ0) is 17.1. The van der Waals surface area contributed by atoms with Crippen LogP contribution in [-0.4, -0.2) is 29.3 Å². The van der Waals surface area contributed by atoms with Crippen LogP contribution in [0.25, 0.3) is 0 Å². The summed E-state index contributed by atoms with van der Waals surface area (Å²) in [5, 5.41) is 0.645. The second-order valence-corrected chi connectivity index (χ2v) is 7.60. The number of rotatable bonds is 2. The summed E-state index contributed by atoms with van der Waals surface area (Å²) in [4.78, 5) is 27.7. The molecule has 128 valence electrons. The Hall–Kier alpha value is -2.07. The molecule has 0 saturated heterocycles. The predicted molar refractivity (Wildman–Crippen MR) is 92.9 cm³/mol. The molecule has 0 N–H and O–H groups in total. The third kappa shape index (κ3) is 2.27. The Balaban J connectivity index is 1.73. The Morgan fingerprint density at radius 3 is 2.48 bits per heavy atom. The van der Waals surface area contributed by atoms with Gasteiger partial charge in [-0.3, -0.25) is 4.79 Å². The van der Waals surface area contributed by atoms with Crippen LogP contribution in [0.4, 0.5) is 0 Å². The van der Waals surface area contributed by atoms with Gasteiger partial charge in [0.15, 0.2) is 5.78 Å². The van der Waals surface area contributed by atoms with Crippen LogP contribution in [0.5, 0.6) is 0 Å². The van der Waals surface area contributed by atoms with Gasteiger partial charge in [-0.25, -0.2) is 4.79 Å². The lowest BCUT2D eigenvalue weighted by Gasteiger charge is -2.39. The number of nitrogens with zero attached hydrogens (tertiary/aromatic N) is 1. The Morgan fingerprint density at radius 1 is 1.00 bits per heavy atom. The molecule has 0 aromatic heterocycles. The van der Waals surface area contributed by atoms with E-state index in [9.17, 15) is 9.59 Å². The fourth-order valence-electron chi connectivity index (χ4n) is 4.38. The van der Waals surface area contributed by atoms with Gasteiger partial charge in [0.05, 0.1) is 11.3 Å². The van der Waals surface area contributed by atoms with Crippen molar-refractivity contribution in [2.75, 3.05) is 6.61 Å². The summed E-state index contributed by atoms with van der Waals surface area (Å²) in [6.45, 7) is 0.319. The minimum absolute atomic E-state index is 0.165. The number of Topliss-reactive ketones (excluding diaryl/α,β-unsaturated/α-hetero) is 1. The van der Waals surface area contributed by atoms with Gasteiger partial charge in [-0.05, 0) is 43.4 Å². The summed E-state index contributed by atoms with van der Waals surface area (Å²) in [6, 6.07) is 7.89. The smallest absolute Gasteiger partial charge is 0.337 e. The summed E-state index contributed by atoms with van der Waals surface area (Å²) >= 11 is 6.04. The van der Waals surface area contributed by atoms with Crippen molar-refractivity contribution in [2.24, 2.45) is 0 Å². The molecule has 2 aliphatic heterocycles. The molecular weight excluding hydrogens is 338 g/mol. The molecule has 1 saturated carbocycles. The van der Waals surface area contributed by atoms with Gasteiger partial charge in [-0.15, -0.1) is 0 Å². The molecule has 1 unspecified atom stereocenters. The lowest BCUT2D eigenvalue weighted by atomic mass is 9.75. The summed E-state index contributed by atoms with van der Waals surface area (Å²) in [6.07, 6.45) is 4.56. The van der Waals surface area contributed by atoms with Gasteiger partial charge in [0.25, 0.3) is 0 Å². The first-order valence-corrected chi connectivity index (χ1v) is 9.24. The van der Waals surface area contributed by atoms with Crippen molar-refractivity contribution >= 4 is 23.4 Å². The van der Waals surface area contributed by atoms with E-state index in [0.29, 0.717) is 29.7 Å². The van der Waals surface area contributed by atoms with Crippen molar-refractivity contribution in [3.63, 3.8) is 0 Å². The van der Waals surface area contributed by atoms with Gasteiger partial charge in [-0.2, -0.15) is 0 Å². The summed E-state index contributed by atoms with van der Waals surface area (Å²) in [5.74, 6) is -0.441. The highest BCUT2D eigenvalue weighted by molar-refractivity contribution is 6.30. The Bertz CT molecular complexity index is 848. The van der Waals surface area contributed by atoms with Crippen LogP contribution in [0.15, 0.2) is 46.8 Å². The first kappa shape index (κ1) is 15.2. The third-order valence-corrected chi connectivity index (χ3v) is 5.83. The van der Waals surface area contributed by atoms with Crippen LogP contribution in [0.3, 0.4) is 0 Å². The molecule has 1 fully saturated rings. The minimum Gasteiger partial charge on any atom is -0.456 e.